The van der Waals surface area contributed by atoms with Crippen LogP contribution in [0.1, 0.15) is 13.3 Å². The first kappa shape index (κ1) is 15.7. The van der Waals surface area contributed by atoms with E-state index in [0.717, 1.165) is 6.42 Å². The van der Waals surface area contributed by atoms with Gasteiger partial charge in [0.25, 0.3) is 0 Å². The van der Waals surface area contributed by atoms with E-state index in [-0.39, 0.29) is 48.1 Å². The molecule has 1 aromatic carbocycles. The van der Waals surface area contributed by atoms with Gasteiger partial charge in [-0.2, -0.15) is 0 Å². The summed E-state index contributed by atoms with van der Waals surface area (Å²) in [6.07, 6.45) is 5.36. The summed E-state index contributed by atoms with van der Waals surface area (Å²) in [5.74, 6) is -0.175. The van der Waals surface area contributed by atoms with E-state index in [1.807, 2.05) is 0 Å². The summed E-state index contributed by atoms with van der Waals surface area (Å²) in [6.45, 7) is 1.27. The van der Waals surface area contributed by atoms with Crippen LogP contribution in [-0.4, -0.2) is 29.3 Å². The lowest BCUT2D eigenvalue weighted by Crippen LogP contribution is -2.44. The lowest BCUT2D eigenvalue weighted by molar-refractivity contribution is -0.140. The second-order valence-electron chi connectivity index (χ2n) is 7.82. The SMILES string of the molecule is CC(=O)N(CN1C(=O)[C@@H]2[C@@H]3C=C[C@H]([C@@H]4C[C@H]34)[C@H]2C1=O)c1ccc(F)cc1. The maximum absolute atomic E-state index is 13.2. The zero-order chi connectivity index (χ0) is 18.2. The molecule has 2 saturated carbocycles. The van der Waals surface area contributed by atoms with Gasteiger partial charge in [-0.1, -0.05) is 12.2 Å². The molecule has 0 spiro atoms. The topological polar surface area (TPSA) is 57.7 Å². The molecule has 0 unspecified atom stereocenters. The van der Waals surface area contributed by atoms with E-state index in [9.17, 15) is 18.8 Å². The van der Waals surface area contributed by atoms with E-state index >= 15 is 0 Å². The van der Waals surface area contributed by atoms with Crippen molar-refractivity contribution in [2.45, 2.75) is 13.3 Å². The van der Waals surface area contributed by atoms with Crippen molar-refractivity contribution in [1.82, 2.24) is 4.90 Å². The number of carbonyl (C=O) groups is 3. The number of hydrogen-bond donors (Lipinski definition) is 0. The van der Waals surface area contributed by atoms with Crippen LogP contribution >= 0.6 is 0 Å². The summed E-state index contributed by atoms with van der Waals surface area (Å²) < 4.78 is 13.2. The molecule has 0 radical (unpaired) electrons. The van der Waals surface area contributed by atoms with Gasteiger partial charge < -0.3 is 0 Å². The molecule has 1 saturated heterocycles. The molecule has 6 heteroatoms. The Morgan fingerprint density at radius 3 is 2.12 bits per heavy atom. The molecule has 1 heterocycles. The first-order valence-corrected chi connectivity index (χ1v) is 9.04. The molecule has 3 amide bonds. The Bertz CT molecular complexity index is 813. The first-order chi connectivity index (χ1) is 12.5. The quantitative estimate of drug-likeness (QED) is 0.618. The zero-order valence-electron chi connectivity index (χ0n) is 14.3. The zero-order valence-corrected chi connectivity index (χ0v) is 14.3. The normalized spacial score (nSPS) is 36.2. The Balaban J connectivity index is 1.44. The smallest absolute Gasteiger partial charge is 0.235 e. The number of anilines is 1. The summed E-state index contributed by atoms with van der Waals surface area (Å²) in [5.41, 5.74) is 0.471. The van der Waals surface area contributed by atoms with Crippen molar-refractivity contribution in [2.75, 3.05) is 11.6 Å². The molecule has 134 valence electrons. The molecule has 5 nitrogen and oxygen atoms in total. The van der Waals surface area contributed by atoms with E-state index in [1.54, 1.807) is 0 Å². The summed E-state index contributed by atoms with van der Waals surface area (Å²) in [7, 11) is 0. The van der Waals surface area contributed by atoms with Crippen LogP contribution in [-0.2, 0) is 14.4 Å². The maximum atomic E-state index is 13.2. The van der Waals surface area contributed by atoms with Gasteiger partial charge in [0.1, 0.15) is 12.5 Å². The number of rotatable bonds is 3. The number of hydrogen-bond acceptors (Lipinski definition) is 3. The van der Waals surface area contributed by atoms with Gasteiger partial charge in [-0.3, -0.25) is 24.2 Å². The lowest BCUT2D eigenvalue weighted by atomic mass is 9.63. The molecule has 2 bridgehead atoms. The Kier molecular flexibility index (Phi) is 3.18. The number of benzene rings is 1. The van der Waals surface area contributed by atoms with Crippen molar-refractivity contribution in [1.29, 1.82) is 0 Å². The average molecular weight is 354 g/mol. The third kappa shape index (κ3) is 2.04. The molecule has 1 aliphatic heterocycles. The van der Waals surface area contributed by atoms with Gasteiger partial charge in [0.15, 0.2) is 0 Å². The number of likely N-dealkylation sites (tertiary alicyclic amines) is 1. The molecule has 5 aliphatic rings. The minimum absolute atomic E-state index is 0.111. The molecule has 0 aromatic heterocycles. The van der Waals surface area contributed by atoms with Crippen LogP contribution < -0.4 is 4.90 Å². The monoisotopic (exact) mass is 354 g/mol. The largest absolute Gasteiger partial charge is 0.294 e. The first-order valence-electron chi connectivity index (χ1n) is 9.04. The fraction of sp³-hybridized carbons (Fsp3) is 0.450. The Morgan fingerprint density at radius 1 is 1.08 bits per heavy atom. The summed E-state index contributed by atoms with van der Waals surface area (Å²) in [5, 5.41) is 0. The van der Waals surface area contributed by atoms with Crippen molar-refractivity contribution >= 4 is 23.4 Å². The fourth-order valence-electron chi connectivity index (χ4n) is 5.28. The summed E-state index contributed by atoms with van der Waals surface area (Å²) in [4.78, 5) is 40.7. The van der Waals surface area contributed by atoms with Crippen LogP contribution in [0.15, 0.2) is 36.4 Å². The van der Waals surface area contributed by atoms with Crippen LogP contribution in [0.25, 0.3) is 0 Å². The van der Waals surface area contributed by atoms with E-state index < -0.39 is 5.82 Å². The van der Waals surface area contributed by atoms with Crippen LogP contribution in [0.2, 0.25) is 0 Å². The number of nitrogens with zero attached hydrogens (tertiary/aromatic N) is 2. The minimum Gasteiger partial charge on any atom is -0.294 e. The third-order valence-electron chi connectivity index (χ3n) is 6.56. The van der Waals surface area contributed by atoms with Crippen LogP contribution in [0.3, 0.4) is 0 Å². The van der Waals surface area contributed by atoms with E-state index in [4.69, 9.17) is 0 Å². The number of amides is 3. The predicted octanol–water partition coefficient (Wildman–Crippen LogP) is 2.19. The molecule has 26 heavy (non-hydrogen) atoms. The summed E-state index contributed by atoms with van der Waals surface area (Å²) in [6, 6.07) is 5.48. The van der Waals surface area contributed by atoms with Gasteiger partial charge in [-0.05, 0) is 54.4 Å². The molecule has 1 aromatic rings. The molecule has 4 aliphatic carbocycles. The summed E-state index contributed by atoms with van der Waals surface area (Å²) >= 11 is 0. The Morgan fingerprint density at radius 2 is 1.62 bits per heavy atom. The predicted molar refractivity (Wildman–Crippen MR) is 91.0 cm³/mol. The van der Waals surface area contributed by atoms with Gasteiger partial charge in [-0.15, -0.1) is 0 Å². The van der Waals surface area contributed by atoms with Crippen molar-refractivity contribution in [2.24, 2.45) is 35.5 Å². The fourth-order valence-corrected chi connectivity index (χ4v) is 5.28. The maximum Gasteiger partial charge on any atom is 0.235 e. The average Bonchev–Trinajstić information content (AvgIpc) is 3.40. The lowest BCUT2D eigenvalue weighted by Gasteiger charge is -2.37. The van der Waals surface area contributed by atoms with Crippen LogP contribution in [0.4, 0.5) is 10.1 Å². The standard InChI is InChI=1S/C20H19FN2O3/c1-10(24)22(12-4-2-11(21)3-5-12)9-23-19(25)17-13-6-7-14(16-8-15(13)16)18(17)20(23)26/h2-7,13-18H,8-9H2,1H3/t13-,14-,15-,16+,17-,18-/m1/s1. The molecular weight excluding hydrogens is 335 g/mol. The molecule has 3 fully saturated rings. The number of carbonyl (C=O) groups excluding carboxylic acids is 3. The number of allylic oxidation sites excluding steroid dienone is 2. The second-order valence-corrected chi connectivity index (χ2v) is 7.82. The molecular formula is C20H19FN2O3. The molecule has 0 N–H and O–H groups in total. The highest BCUT2D eigenvalue weighted by molar-refractivity contribution is 6.07. The van der Waals surface area contributed by atoms with Crippen molar-refractivity contribution in [3.8, 4) is 0 Å². The van der Waals surface area contributed by atoms with Crippen LogP contribution in [0.5, 0.6) is 0 Å². The highest BCUT2D eigenvalue weighted by Gasteiger charge is 2.67. The second kappa shape index (κ2) is 5.25. The van der Waals surface area contributed by atoms with Crippen molar-refractivity contribution < 1.29 is 18.8 Å². The molecule has 6 atom stereocenters. The van der Waals surface area contributed by atoms with Crippen molar-refractivity contribution in [3.63, 3.8) is 0 Å². The van der Waals surface area contributed by atoms with Crippen LogP contribution in [0, 0.1) is 41.3 Å². The number of imide groups is 1. The Hall–Kier alpha value is -2.50. The van der Waals surface area contributed by atoms with Gasteiger partial charge in [-0.25, -0.2) is 4.39 Å². The molecule has 6 rings (SSSR count). The van der Waals surface area contributed by atoms with E-state index in [0.29, 0.717) is 17.5 Å². The van der Waals surface area contributed by atoms with E-state index in [2.05, 4.69) is 12.2 Å². The Labute approximate surface area is 150 Å². The van der Waals surface area contributed by atoms with Crippen molar-refractivity contribution in [3.05, 3.63) is 42.2 Å². The highest BCUT2D eigenvalue weighted by atomic mass is 19.1. The highest BCUT2D eigenvalue weighted by Crippen LogP contribution is 2.65. The number of halogens is 1. The third-order valence-corrected chi connectivity index (χ3v) is 6.56. The van der Waals surface area contributed by atoms with E-state index in [1.165, 1.54) is 41.0 Å². The van der Waals surface area contributed by atoms with Gasteiger partial charge in [0.2, 0.25) is 17.7 Å². The minimum atomic E-state index is -0.404. The van der Waals surface area contributed by atoms with Gasteiger partial charge in [0, 0.05) is 12.6 Å². The van der Waals surface area contributed by atoms with Gasteiger partial charge in [0.05, 0.1) is 11.8 Å². The van der Waals surface area contributed by atoms with Gasteiger partial charge >= 0.3 is 0 Å².